The molecule has 0 fully saturated rings. The van der Waals surface area contributed by atoms with Gasteiger partial charge in [-0.1, -0.05) is 30.3 Å². The highest BCUT2D eigenvalue weighted by Crippen LogP contribution is 2.34. The Bertz CT molecular complexity index is 539. The predicted molar refractivity (Wildman–Crippen MR) is 71.1 cm³/mol. The minimum Gasteiger partial charge on any atom is -0.380 e. The molecular formula is C15H13ClF2O. The summed E-state index contributed by atoms with van der Waals surface area (Å²) in [5, 5.41) is 10.8. The topological polar surface area (TPSA) is 20.2 Å². The Hall–Kier alpha value is -1.45. The van der Waals surface area contributed by atoms with Crippen molar-refractivity contribution in [2.75, 3.05) is 5.88 Å². The van der Waals surface area contributed by atoms with E-state index in [2.05, 4.69) is 0 Å². The molecule has 0 spiro atoms. The van der Waals surface area contributed by atoms with Crippen LogP contribution in [0.15, 0.2) is 48.5 Å². The fourth-order valence-corrected chi connectivity index (χ4v) is 2.37. The molecule has 2 rings (SSSR count). The highest BCUT2D eigenvalue weighted by atomic mass is 35.5. The summed E-state index contributed by atoms with van der Waals surface area (Å²) in [7, 11) is 0. The first-order valence-corrected chi connectivity index (χ1v) is 6.40. The van der Waals surface area contributed by atoms with Crippen molar-refractivity contribution in [2.24, 2.45) is 0 Å². The second-order valence-corrected chi connectivity index (χ2v) is 4.70. The van der Waals surface area contributed by atoms with Gasteiger partial charge in [-0.15, -0.1) is 11.6 Å². The van der Waals surface area contributed by atoms with E-state index in [0.29, 0.717) is 5.56 Å². The molecule has 0 bridgehead atoms. The predicted octanol–water partition coefficient (Wildman–Crippen LogP) is 3.83. The van der Waals surface area contributed by atoms with E-state index >= 15 is 0 Å². The number of alkyl halides is 1. The van der Waals surface area contributed by atoms with Crippen LogP contribution >= 0.6 is 11.6 Å². The zero-order valence-electron chi connectivity index (χ0n) is 10.1. The van der Waals surface area contributed by atoms with Crippen LogP contribution < -0.4 is 0 Å². The summed E-state index contributed by atoms with van der Waals surface area (Å²) in [5.41, 5.74) is -0.774. The molecule has 1 atom stereocenters. The van der Waals surface area contributed by atoms with E-state index in [1.807, 2.05) is 0 Å². The van der Waals surface area contributed by atoms with Crippen LogP contribution in [0.25, 0.3) is 0 Å². The Morgan fingerprint density at radius 1 is 0.947 bits per heavy atom. The largest absolute Gasteiger partial charge is 0.380 e. The van der Waals surface area contributed by atoms with Crippen molar-refractivity contribution < 1.29 is 13.9 Å². The number of hydrogen-bond donors (Lipinski definition) is 1. The van der Waals surface area contributed by atoms with E-state index in [0.717, 1.165) is 18.2 Å². The van der Waals surface area contributed by atoms with Crippen molar-refractivity contribution in [1.82, 2.24) is 0 Å². The van der Waals surface area contributed by atoms with Crippen molar-refractivity contribution in [3.8, 4) is 0 Å². The Labute approximate surface area is 115 Å². The lowest BCUT2D eigenvalue weighted by Crippen LogP contribution is -2.28. The molecule has 1 unspecified atom stereocenters. The molecule has 0 aliphatic carbocycles. The van der Waals surface area contributed by atoms with Crippen molar-refractivity contribution in [3.05, 3.63) is 71.3 Å². The molecule has 100 valence electrons. The Balaban J connectivity index is 2.56. The van der Waals surface area contributed by atoms with Gasteiger partial charge >= 0.3 is 0 Å². The monoisotopic (exact) mass is 282 g/mol. The third-order valence-electron chi connectivity index (χ3n) is 3.05. The number of rotatable bonds is 4. The maximum absolute atomic E-state index is 13.3. The van der Waals surface area contributed by atoms with Crippen molar-refractivity contribution in [1.29, 1.82) is 0 Å². The van der Waals surface area contributed by atoms with Gasteiger partial charge in [-0.2, -0.15) is 0 Å². The van der Waals surface area contributed by atoms with E-state index in [-0.39, 0.29) is 17.9 Å². The first-order valence-electron chi connectivity index (χ1n) is 5.87. The summed E-state index contributed by atoms with van der Waals surface area (Å²) < 4.78 is 26.7. The third-order valence-corrected chi connectivity index (χ3v) is 3.24. The normalized spacial score (nSPS) is 14.1. The average Bonchev–Trinajstić information content (AvgIpc) is 2.39. The minimum absolute atomic E-state index is 0.164. The van der Waals surface area contributed by atoms with Crippen LogP contribution in [-0.2, 0) is 5.60 Å². The van der Waals surface area contributed by atoms with Crippen LogP contribution in [0.4, 0.5) is 8.78 Å². The molecule has 19 heavy (non-hydrogen) atoms. The lowest BCUT2D eigenvalue weighted by molar-refractivity contribution is 0.0767. The molecule has 0 radical (unpaired) electrons. The van der Waals surface area contributed by atoms with Crippen LogP contribution in [0.5, 0.6) is 0 Å². The first-order chi connectivity index (χ1) is 9.06. The first kappa shape index (κ1) is 14.0. The molecule has 4 heteroatoms. The fraction of sp³-hybridized carbons (Fsp3) is 0.200. The van der Waals surface area contributed by atoms with Crippen LogP contribution in [0.2, 0.25) is 0 Å². The quantitative estimate of drug-likeness (QED) is 0.845. The third kappa shape index (κ3) is 2.94. The standard InChI is InChI=1S/C15H13ClF2O/c16-7-6-15(19,11-4-2-1-3-5-11)12-8-13(17)10-14(18)9-12/h1-5,8-10,19H,6-7H2. The second kappa shape index (κ2) is 5.68. The lowest BCUT2D eigenvalue weighted by atomic mass is 9.84. The summed E-state index contributed by atoms with van der Waals surface area (Å²) in [6.07, 6.45) is 0.168. The van der Waals surface area contributed by atoms with Crippen LogP contribution in [0.3, 0.4) is 0 Å². The molecule has 2 aromatic rings. The molecule has 0 aliphatic heterocycles. The van der Waals surface area contributed by atoms with Crippen LogP contribution in [0, 0.1) is 11.6 Å². The van der Waals surface area contributed by atoms with Gasteiger partial charge in [0.25, 0.3) is 0 Å². The smallest absolute Gasteiger partial charge is 0.126 e. The molecule has 0 amide bonds. The summed E-state index contributed by atoms with van der Waals surface area (Å²) in [6.45, 7) is 0. The number of hydrogen-bond acceptors (Lipinski definition) is 1. The van der Waals surface area contributed by atoms with E-state index in [9.17, 15) is 13.9 Å². The summed E-state index contributed by atoms with van der Waals surface area (Å²) >= 11 is 5.72. The molecule has 1 nitrogen and oxygen atoms in total. The van der Waals surface area contributed by atoms with Crippen LogP contribution in [-0.4, -0.2) is 11.0 Å². The zero-order valence-corrected chi connectivity index (χ0v) is 10.9. The fourth-order valence-electron chi connectivity index (χ4n) is 2.10. The zero-order chi connectivity index (χ0) is 13.9. The second-order valence-electron chi connectivity index (χ2n) is 4.32. The van der Waals surface area contributed by atoms with Gasteiger partial charge in [0.2, 0.25) is 0 Å². The minimum atomic E-state index is -1.49. The van der Waals surface area contributed by atoms with Gasteiger partial charge in [0, 0.05) is 11.9 Å². The number of halogens is 3. The van der Waals surface area contributed by atoms with E-state index in [4.69, 9.17) is 11.6 Å². The Morgan fingerprint density at radius 2 is 1.53 bits per heavy atom. The SMILES string of the molecule is OC(CCCl)(c1ccccc1)c1cc(F)cc(F)c1. The highest BCUT2D eigenvalue weighted by Gasteiger charge is 2.31. The molecule has 1 N–H and O–H groups in total. The van der Waals surface area contributed by atoms with Gasteiger partial charge < -0.3 is 5.11 Å². The van der Waals surface area contributed by atoms with Gasteiger partial charge in [0.15, 0.2) is 0 Å². The maximum Gasteiger partial charge on any atom is 0.126 e. The van der Waals surface area contributed by atoms with E-state index < -0.39 is 17.2 Å². The van der Waals surface area contributed by atoms with Crippen molar-refractivity contribution in [3.63, 3.8) is 0 Å². The van der Waals surface area contributed by atoms with Gasteiger partial charge in [-0.25, -0.2) is 8.78 Å². The molecule has 0 aliphatic rings. The number of benzene rings is 2. The van der Waals surface area contributed by atoms with E-state index in [1.54, 1.807) is 30.3 Å². The summed E-state index contributed by atoms with van der Waals surface area (Å²) in [4.78, 5) is 0. The average molecular weight is 283 g/mol. The van der Waals surface area contributed by atoms with Gasteiger partial charge in [0.05, 0.1) is 0 Å². The summed E-state index contributed by atoms with van der Waals surface area (Å²) in [5.74, 6) is -1.28. The molecule has 0 aromatic heterocycles. The van der Waals surface area contributed by atoms with Crippen molar-refractivity contribution in [2.45, 2.75) is 12.0 Å². The van der Waals surface area contributed by atoms with Gasteiger partial charge in [-0.3, -0.25) is 0 Å². The van der Waals surface area contributed by atoms with E-state index in [1.165, 1.54) is 0 Å². The molecular weight excluding hydrogens is 270 g/mol. The van der Waals surface area contributed by atoms with Gasteiger partial charge in [0.1, 0.15) is 17.2 Å². The lowest BCUT2D eigenvalue weighted by Gasteiger charge is -2.28. The maximum atomic E-state index is 13.3. The van der Waals surface area contributed by atoms with Gasteiger partial charge in [-0.05, 0) is 29.7 Å². The highest BCUT2D eigenvalue weighted by molar-refractivity contribution is 6.17. The molecule has 0 heterocycles. The summed E-state index contributed by atoms with van der Waals surface area (Å²) in [6, 6.07) is 11.7. The van der Waals surface area contributed by atoms with Crippen LogP contribution in [0.1, 0.15) is 17.5 Å². The number of aliphatic hydroxyl groups is 1. The molecule has 0 saturated carbocycles. The van der Waals surface area contributed by atoms with Crippen molar-refractivity contribution >= 4 is 11.6 Å². The molecule has 0 saturated heterocycles. The Kier molecular flexibility index (Phi) is 4.17. The Morgan fingerprint density at radius 3 is 2.05 bits per heavy atom. The molecule has 2 aromatic carbocycles.